The molecule has 0 aliphatic rings. The van der Waals surface area contributed by atoms with Crippen molar-refractivity contribution in [2.45, 2.75) is 32.9 Å². The lowest BCUT2D eigenvalue weighted by Crippen LogP contribution is -2.21. The average molecular weight is 274 g/mol. The van der Waals surface area contributed by atoms with E-state index in [2.05, 4.69) is 0 Å². The Morgan fingerprint density at radius 1 is 1.26 bits per heavy atom. The van der Waals surface area contributed by atoms with Gasteiger partial charge in [0.05, 0.1) is 18.6 Å². The maximum Gasteiger partial charge on any atom is 0.416 e. The Bertz CT molecular complexity index is 464. The molecule has 1 aromatic rings. The van der Waals surface area contributed by atoms with E-state index in [4.69, 9.17) is 4.74 Å². The first-order valence-electron chi connectivity index (χ1n) is 5.94. The molecule has 0 bridgehead atoms. The number of rotatable bonds is 3. The maximum absolute atomic E-state index is 12.6. The van der Waals surface area contributed by atoms with Crippen LogP contribution >= 0.6 is 0 Å². The van der Waals surface area contributed by atoms with E-state index in [0.717, 1.165) is 12.1 Å². The number of aryl methyl sites for hydroxylation is 1. The number of hydrogen-bond acceptors (Lipinski definition) is 2. The van der Waals surface area contributed by atoms with E-state index < -0.39 is 23.6 Å². The summed E-state index contributed by atoms with van der Waals surface area (Å²) in [6, 6.07) is 3.42. The molecule has 0 saturated heterocycles. The van der Waals surface area contributed by atoms with E-state index in [0.29, 0.717) is 11.1 Å². The van der Waals surface area contributed by atoms with Crippen LogP contribution in [0.2, 0.25) is 0 Å². The zero-order chi connectivity index (χ0) is 14.8. The first kappa shape index (κ1) is 15.5. The molecule has 0 radical (unpaired) electrons. The van der Waals surface area contributed by atoms with E-state index in [-0.39, 0.29) is 5.92 Å². The summed E-state index contributed by atoms with van der Waals surface area (Å²) in [6.07, 6.45) is -4.37. The molecule has 19 heavy (non-hydrogen) atoms. The minimum Gasteiger partial charge on any atom is -0.469 e. The van der Waals surface area contributed by atoms with E-state index in [1.165, 1.54) is 13.2 Å². The van der Waals surface area contributed by atoms with Crippen LogP contribution in [0, 0.1) is 12.8 Å². The van der Waals surface area contributed by atoms with Crippen molar-refractivity contribution >= 4 is 5.97 Å². The Labute approximate surface area is 110 Å². The number of alkyl halides is 3. The molecule has 0 spiro atoms. The Morgan fingerprint density at radius 2 is 1.84 bits per heavy atom. The quantitative estimate of drug-likeness (QED) is 0.781. The number of carbonyl (C=O) groups is 1. The second kappa shape index (κ2) is 5.63. The van der Waals surface area contributed by atoms with Crippen LogP contribution in [0.5, 0.6) is 0 Å². The van der Waals surface area contributed by atoms with E-state index in [1.807, 2.05) is 13.8 Å². The van der Waals surface area contributed by atoms with Crippen LogP contribution < -0.4 is 0 Å². The zero-order valence-corrected chi connectivity index (χ0v) is 11.3. The van der Waals surface area contributed by atoms with Gasteiger partial charge in [0.1, 0.15) is 0 Å². The summed E-state index contributed by atoms with van der Waals surface area (Å²) in [5, 5.41) is 0. The summed E-state index contributed by atoms with van der Waals surface area (Å²) in [6.45, 7) is 5.24. The highest BCUT2D eigenvalue weighted by Gasteiger charge is 2.32. The Morgan fingerprint density at radius 3 is 2.21 bits per heavy atom. The fraction of sp³-hybridized carbons (Fsp3) is 0.500. The number of benzene rings is 1. The van der Waals surface area contributed by atoms with Gasteiger partial charge < -0.3 is 4.74 Å². The van der Waals surface area contributed by atoms with Crippen molar-refractivity contribution in [1.82, 2.24) is 0 Å². The standard InChI is InChI=1S/C14H17F3O2/c1-8(2)12(13(18)19-4)11-6-5-10(7-9(11)3)14(15,16)17/h5-8,12H,1-4H3. The van der Waals surface area contributed by atoms with Crippen LogP contribution in [-0.2, 0) is 15.7 Å². The lowest BCUT2D eigenvalue weighted by molar-refractivity contribution is -0.143. The summed E-state index contributed by atoms with van der Waals surface area (Å²) in [5.41, 5.74) is 0.315. The Balaban J connectivity index is 3.24. The molecule has 0 aromatic heterocycles. The summed E-state index contributed by atoms with van der Waals surface area (Å²) < 4.78 is 42.5. The van der Waals surface area contributed by atoms with Gasteiger partial charge in [-0.05, 0) is 36.1 Å². The van der Waals surface area contributed by atoms with Crippen LogP contribution in [0.15, 0.2) is 18.2 Å². The van der Waals surface area contributed by atoms with Crippen molar-refractivity contribution < 1.29 is 22.7 Å². The van der Waals surface area contributed by atoms with Gasteiger partial charge in [0, 0.05) is 0 Å². The minimum atomic E-state index is -4.37. The third kappa shape index (κ3) is 3.49. The zero-order valence-electron chi connectivity index (χ0n) is 11.3. The molecule has 0 saturated carbocycles. The molecule has 1 aromatic carbocycles. The van der Waals surface area contributed by atoms with Gasteiger partial charge in [-0.15, -0.1) is 0 Å². The fourth-order valence-electron chi connectivity index (χ4n) is 2.09. The predicted molar refractivity (Wildman–Crippen MR) is 65.8 cm³/mol. The van der Waals surface area contributed by atoms with Gasteiger partial charge in [-0.1, -0.05) is 19.9 Å². The number of methoxy groups -OCH3 is 1. The van der Waals surface area contributed by atoms with Crippen molar-refractivity contribution in [2.75, 3.05) is 7.11 Å². The molecule has 5 heteroatoms. The Hall–Kier alpha value is -1.52. The van der Waals surface area contributed by atoms with Crippen LogP contribution in [0.25, 0.3) is 0 Å². The lowest BCUT2D eigenvalue weighted by Gasteiger charge is -2.21. The second-order valence-corrected chi connectivity index (χ2v) is 4.81. The summed E-state index contributed by atoms with van der Waals surface area (Å²) >= 11 is 0. The molecule has 0 fully saturated rings. The molecule has 0 N–H and O–H groups in total. The van der Waals surface area contributed by atoms with Crippen LogP contribution in [0.1, 0.15) is 36.5 Å². The lowest BCUT2D eigenvalue weighted by atomic mass is 9.85. The number of halogens is 3. The van der Waals surface area contributed by atoms with Crippen molar-refractivity contribution in [3.63, 3.8) is 0 Å². The minimum absolute atomic E-state index is 0.0529. The number of ether oxygens (including phenoxy) is 1. The number of esters is 1. The van der Waals surface area contributed by atoms with Gasteiger partial charge in [-0.25, -0.2) is 0 Å². The molecular formula is C14H17F3O2. The average Bonchev–Trinajstić information content (AvgIpc) is 2.29. The highest BCUT2D eigenvalue weighted by atomic mass is 19.4. The van der Waals surface area contributed by atoms with Gasteiger partial charge in [-0.2, -0.15) is 13.2 Å². The summed E-state index contributed by atoms with van der Waals surface area (Å²) in [4.78, 5) is 11.7. The Kier molecular flexibility index (Phi) is 4.61. The predicted octanol–water partition coefficient (Wildman–Crippen LogP) is 3.93. The van der Waals surface area contributed by atoms with Crippen molar-refractivity contribution in [3.8, 4) is 0 Å². The largest absolute Gasteiger partial charge is 0.469 e. The monoisotopic (exact) mass is 274 g/mol. The maximum atomic E-state index is 12.6. The van der Waals surface area contributed by atoms with Crippen molar-refractivity contribution in [2.24, 2.45) is 5.92 Å². The number of hydrogen-bond donors (Lipinski definition) is 0. The first-order chi connectivity index (χ1) is 8.68. The molecule has 2 nitrogen and oxygen atoms in total. The molecule has 1 unspecified atom stereocenters. The van der Waals surface area contributed by atoms with Crippen molar-refractivity contribution in [1.29, 1.82) is 0 Å². The van der Waals surface area contributed by atoms with Gasteiger partial charge in [-0.3, -0.25) is 4.79 Å². The smallest absolute Gasteiger partial charge is 0.416 e. The topological polar surface area (TPSA) is 26.3 Å². The van der Waals surface area contributed by atoms with E-state index in [9.17, 15) is 18.0 Å². The third-order valence-corrected chi connectivity index (χ3v) is 3.05. The van der Waals surface area contributed by atoms with Gasteiger partial charge in [0.25, 0.3) is 0 Å². The van der Waals surface area contributed by atoms with Crippen LogP contribution in [-0.4, -0.2) is 13.1 Å². The molecular weight excluding hydrogens is 257 g/mol. The third-order valence-electron chi connectivity index (χ3n) is 3.05. The normalized spacial score (nSPS) is 13.5. The second-order valence-electron chi connectivity index (χ2n) is 4.81. The molecule has 1 rings (SSSR count). The highest BCUT2D eigenvalue weighted by Crippen LogP contribution is 2.34. The van der Waals surface area contributed by atoms with E-state index >= 15 is 0 Å². The summed E-state index contributed by atoms with van der Waals surface area (Å²) in [5.74, 6) is -1.03. The van der Waals surface area contributed by atoms with Crippen LogP contribution in [0.4, 0.5) is 13.2 Å². The van der Waals surface area contributed by atoms with Gasteiger partial charge in [0.15, 0.2) is 0 Å². The molecule has 0 aliphatic heterocycles. The molecule has 1 atom stereocenters. The van der Waals surface area contributed by atoms with Crippen molar-refractivity contribution in [3.05, 3.63) is 34.9 Å². The van der Waals surface area contributed by atoms with Gasteiger partial charge in [0.2, 0.25) is 0 Å². The fourth-order valence-corrected chi connectivity index (χ4v) is 2.09. The molecule has 0 amide bonds. The molecule has 0 heterocycles. The summed E-state index contributed by atoms with van der Waals surface area (Å²) in [7, 11) is 1.27. The highest BCUT2D eigenvalue weighted by molar-refractivity contribution is 5.79. The first-order valence-corrected chi connectivity index (χ1v) is 5.94. The SMILES string of the molecule is COC(=O)C(c1ccc(C(F)(F)F)cc1C)C(C)C. The molecule has 106 valence electrons. The number of carbonyl (C=O) groups excluding carboxylic acids is 1. The van der Waals surface area contributed by atoms with E-state index in [1.54, 1.807) is 6.92 Å². The molecule has 0 aliphatic carbocycles. The van der Waals surface area contributed by atoms with Gasteiger partial charge >= 0.3 is 12.1 Å². The van der Waals surface area contributed by atoms with Crippen LogP contribution in [0.3, 0.4) is 0 Å².